The van der Waals surface area contributed by atoms with Gasteiger partial charge in [-0.2, -0.15) is 0 Å². The Labute approximate surface area is 191 Å². The van der Waals surface area contributed by atoms with E-state index in [-0.39, 0.29) is 18.3 Å². The number of hydrogen-bond acceptors (Lipinski definition) is 5. The van der Waals surface area contributed by atoms with Gasteiger partial charge >= 0.3 is 0 Å². The molecule has 0 aliphatic heterocycles. The molecule has 7 heteroatoms. The largest absolute Gasteiger partial charge is 0.308 e. The van der Waals surface area contributed by atoms with E-state index in [0.717, 1.165) is 37.6 Å². The summed E-state index contributed by atoms with van der Waals surface area (Å²) in [5, 5.41) is 2.95. The highest BCUT2D eigenvalue weighted by atomic mass is 35.5. The Bertz CT molecular complexity index is 1180. The van der Waals surface area contributed by atoms with Crippen LogP contribution in [0, 0.1) is 0 Å². The Morgan fingerprint density at radius 1 is 1.00 bits per heavy atom. The lowest BCUT2D eigenvalue weighted by Gasteiger charge is -2.22. The molecule has 3 aromatic carbocycles. The number of carbonyl (C=O) groups excluding carboxylic acids is 1. The number of nitrogens with zero attached hydrogens (tertiary/aromatic N) is 3. The molecule has 0 fully saturated rings. The SMILES string of the molecule is CSc1cccc2sc(N(CCN(C)C)C(=O)c3ccc4ccccc4c3)nc12.Cl. The minimum Gasteiger partial charge on any atom is -0.308 e. The van der Waals surface area contributed by atoms with Crippen molar-refractivity contribution in [2.24, 2.45) is 0 Å². The van der Waals surface area contributed by atoms with Crippen molar-refractivity contribution < 1.29 is 4.79 Å². The highest BCUT2D eigenvalue weighted by molar-refractivity contribution is 7.98. The first-order chi connectivity index (χ1) is 14.1. The number of halogens is 1. The summed E-state index contributed by atoms with van der Waals surface area (Å²) in [5.74, 6) is -0.0117. The Balaban J connectivity index is 0.00000256. The van der Waals surface area contributed by atoms with E-state index < -0.39 is 0 Å². The van der Waals surface area contributed by atoms with Crippen LogP contribution in [0.25, 0.3) is 21.0 Å². The normalized spacial score (nSPS) is 11.1. The summed E-state index contributed by atoms with van der Waals surface area (Å²) < 4.78 is 1.10. The van der Waals surface area contributed by atoms with Gasteiger partial charge in [-0.3, -0.25) is 9.69 Å². The van der Waals surface area contributed by atoms with E-state index in [1.54, 1.807) is 23.1 Å². The average molecular weight is 458 g/mol. The fourth-order valence-electron chi connectivity index (χ4n) is 3.25. The molecule has 156 valence electrons. The number of carbonyl (C=O) groups is 1. The zero-order chi connectivity index (χ0) is 20.4. The van der Waals surface area contributed by atoms with Crippen LogP contribution < -0.4 is 4.90 Å². The third kappa shape index (κ3) is 4.62. The molecule has 4 nitrogen and oxygen atoms in total. The molecule has 4 rings (SSSR count). The van der Waals surface area contributed by atoms with Crippen molar-refractivity contribution in [3.8, 4) is 0 Å². The van der Waals surface area contributed by atoms with Crippen LogP contribution in [0.5, 0.6) is 0 Å². The number of fused-ring (bicyclic) bond motifs is 2. The third-order valence-corrected chi connectivity index (χ3v) is 6.65. The van der Waals surface area contributed by atoms with Crippen LogP contribution in [-0.2, 0) is 0 Å². The van der Waals surface area contributed by atoms with Gasteiger partial charge < -0.3 is 4.90 Å². The number of benzene rings is 3. The number of amides is 1. The summed E-state index contributed by atoms with van der Waals surface area (Å²) in [6.07, 6.45) is 2.05. The van der Waals surface area contributed by atoms with Gasteiger partial charge in [-0.15, -0.1) is 24.2 Å². The second-order valence-electron chi connectivity index (χ2n) is 7.13. The zero-order valence-electron chi connectivity index (χ0n) is 17.2. The number of hydrogen-bond donors (Lipinski definition) is 0. The smallest absolute Gasteiger partial charge is 0.260 e. The highest BCUT2D eigenvalue weighted by Crippen LogP contribution is 2.34. The predicted molar refractivity (Wildman–Crippen MR) is 133 cm³/mol. The number of para-hydroxylation sites is 1. The molecular weight excluding hydrogens is 434 g/mol. The second-order valence-corrected chi connectivity index (χ2v) is 8.98. The molecule has 0 unspecified atom stereocenters. The molecule has 0 atom stereocenters. The fraction of sp³-hybridized carbons (Fsp3) is 0.217. The first-order valence-electron chi connectivity index (χ1n) is 9.46. The Hall–Kier alpha value is -2.12. The van der Waals surface area contributed by atoms with E-state index in [9.17, 15) is 4.79 Å². The molecule has 0 aliphatic rings. The number of rotatable bonds is 6. The van der Waals surface area contributed by atoms with E-state index >= 15 is 0 Å². The maximum absolute atomic E-state index is 13.5. The second kappa shape index (κ2) is 9.79. The molecule has 4 aromatic rings. The monoisotopic (exact) mass is 457 g/mol. The van der Waals surface area contributed by atoms with E-state index in [1.165, 1.54) is 0 Å². The fourth-order valence-corrected chi connectivity index (χ4v) is 4.90. The van der Waals surface area contributed by atoms with Crippen LogP contribution in [-0.4, -0.2) is 49.2 Å². The molecule has 0 saturated carbocycles. The van der Waals surface area contributed by atoms with Gasteiger partial charge in [0, 0.05) is 23.5 Å². The van der Waals surface area contributed by atoms with Gasteiger partial charge in [0.25, 0.3) is 5.91 Å². The first-order valence-corrected chi connectivity index (χ1v) is 11.5. The maximum Gasteiger partial charge on any atom is 0.260 e. The summed E-state index contributed by atoms with van der Waals surface area (Å²) in [4.78, 5) is 23.4. The van der Waals surface area contributed by atoms with Crippen LogP contribution in [0.4, 0.5) is 5.13 Å². The van der Waals surface area contributed by atoms with Gasteiger partial charge in [0.15, 0.2) is 5.13 Å². The topological polar surface area (TPSA) is 36.4 Å². The lowest BCUT2D eigenvalue weighted by molar-refractivity contribution is 0.0985. The molecule has 1 amide bonds. The molecule has 1 heterocycles. The van der Waals surface area contributed by atoms with Gasteiger partial charge in [-0.25, -0.2) is 4.98 Å². The van der Waals surface area contributed by atoms with Gasteiger partial charge in [-0.1, -0.05) is 47.7 Å². The van der Waals surface area contributed by atoms with Crippen molar-refractivity contribution in [3.05, 3.63) is 66.2 Å². The average Bonchev–Trinajstić information content (AvgIpc) is 3.17. The minimum absolute atomic E-state index is 0. The third-order valence-electron chi connectivity index (χ3n) is 4.83. The minimum atomic E-state index is -0.0117. The molecule has 0 radical (unpaired) electrons. The summed E-state index contributed by atoms with van der Waals surface area (Å²) in [6.45, 7) is 1.36. The predicted octanol–water partition coefficient (Wildman–Crippen LogP) is 5.80. The van der Waals surface area contributed by atoms with Crippen molar-refractivity contribution in [1.29, 1.82) is 0 Å². The van der Waals surface area contributed by atoms with Crippen molar-refractivity contribution in [2.45, 2.75) is 4.90 Å². The number of anilines is 1. The van der Waals surface area contributed by atoms with Crippen LogP contribution in [0.15, 0.2) is 65.6 Å². The van der Waals surface area contributed by atoms with Crippen LogP contribution in [0.2, 0.25) is 0 Å². The Morgan fingerprint density at radius 2 is 1.77 bits per heavy atom. The number of thiazole rings is 1. The number of likely N-dealkylation sites (N-methyl/N-ethyl adjacent to an activating group) is 1. The van der Waals surface area contributed by atoms with Gasteiger partial charge in [0.2, 0.25) is 0 Å². The highest BCUT2D eigenvalue weighted by Gasteiger charge is 2.22. The van der Waals surface area contributed by atoms with Crippen molar-refractivity contribution in [1.82, 2.24) is 9.88 Å². The molecule has 0 N–H and O–H groups in total. The van der Waals surface area contributed by atoms with Crippen LogP contribution >= 0.6 is 35.5 Å². The summed E-state index contributed by atoms with van der Waals surface area (Å²) in [7, 11) is 4.03. The van der Waals surface area contributed by atoms with Crippen molar-refractivity contribution >= 4 is 67.5 Å². The summed E-state index contributed by atoms with van der Waals surface area (Å²) in [5.41, 5.74) is 1.66. The number of aromatic nitrogens is 1. The standard InChI is InChI=1S/C23H23N3OS2.ClH/c1-25(2)13-14-26(23-24-21-19(28-3)9-6-10-20(21)29-23)22(27)18-12-11-16-7-4-5-8-17(16)15-18;/h4-12,15H,13-14H2,1-3H3;1H. The van der Waals surface area contributed by atoms with E-state index in [0.29, 0.717) is 12.1 Å². The Morgan fingerprint density at radius 3 is 2.50 bits per heavy atom. The van der Waals surface area contributed by atoms with Gasteiger partial charge in [0.05, 0.1) is 10.2 Å². The molecular formula is C23H24ClN3OS2. The number of thioether (sulfide) groups is 1. The lowest BCUT2D eigenvalue weighted by atomic mass is 10.1. The van der Waals surface area contributed by atoms with Crippen molar-refractivity contribution in [2.75, 3.05) is 38.3 Å². The quantitative estimate of drug-likeness (QED) is 0.343. The van der Waals surface area contributed by atoms with Crippen LogP contribution in [0.1, 0.15) is 10.4 Å². The zero-order valence-corrected chi connectivity index (χ0v) is 19.6. The molecule has 0 spiro atoms. The Kier molecular flexibility index (Phi) is 7.36. The molecule has 1 aromatic heterocycles. The van der Waals surface area contributed by atoms with E-state index in [4.69, 9.17) is 4.98 Å². The summed E-state index contributed by atoms with van der Waals surface area (Å²) >= 11 is 3.26. The lowest BCUT2D eigenvalue weighted by Crippen LogP contribution is -2.36. The van der Waals surface area contributed by atoms with E-state index in [1.807, 2.05) is 61.5 Å². The van der Waals surface area contributed by atoms with Crippen LogP contribution in [0.3, 0.4) is 0 Å². The van der Waals surface area contributed by atoms with Crippen molar-refractivity contribution in [3.63, 3.8) is 0 Å². The molecule has 30 heavy (non-hydrogen) atoms. The molecule has 0 saturated heterocycles. The maximum atomic E-state index is 13.5. The summed E-state index contributed by atoms with van der Waals surface area (Å²) in [6, 6.07) is 20.2. The van der Waals surface area contributed by atoms with E-state index in [2.05, 4.69) is 29.4 Å². The molecule has 0 bridgehead atoms. The van der Waals surface area contributed by atoms with Gasteiger partial charge in [0.1, 0.15) is 0 Å². The molecule has 0 aliphatic carbocycles. The first kappa shape index (κ1) is 22.6. The van der Waals surface area contributed by atoms with Gasteiger partial charge in [-0.05, 0) is 55.4 Å².